The van der Waals surface area contributed by atoms with Crippen LogP contribution in [0.2, 0.25) is 0 Å². The molecule has 8 nitrogen and oxygen atoms in total. The molecule has 2 aromatic heterocycles. The molecule has 0 saturated carbocycles. The van der Waals surface area contributed by atoms with Crippen molar-refractivity contribution in [3.63, 3.8) is 0 Å². The lowest BCUT2D eigenvalue weighted by Gasteiger charge is -2.21. The first kappa shape index (κ1) is 17.5. The SMILES string of the molecule is Cc1nc2c(CN[C@@H]3CCN(c4cc(=O)n(C)c(=O)n4C)C3)cccc2o1. The molecule has 1 aromatic carbocycles. The summed E-state index contributed by atoms with van der Waals surface area (Å²) in [5.74, 6) is 1.33. The van der Waals surface area contributed by atoms with E-state index in [-0.39, 0.29) is 17.3 Å². The van der Waals surface area contributed by atoms with E-state index < -0.39 is 0 Å². The second-order valence-electron chi connectivity index (χ2n) is 7.05. The van der Waals surface area contributed by atoms with Crippen LogP contribution in [-0.4, -0.2) is 33.2 Å². The predicted molar refractivity (Wildman–Crippen MR) is 103 cm³/mol. The van der Waals surface area contributed by atoms with Crippen molar-refractivity contribution in [3.05, 3.63) is 56.6 Å². The van der Waals surface area contributed by atoms with Gasteiger partial charge in [0.2, 0.25) is 0 Å². The first-order valence-corrected chi connectivity index (χ1v) is 9.04. The lowest BCUT2D eigenvalue weighted by atomic mass is 10.1. The molecule has 1 N–H and O–H groups in total. The van der Waals surface area contributed by atoms with E-state index in [9.17, 15) is 9.59 Å². The molecule has 1 saturated heterocycles. The summed E-state index contributed by atoms with van der Waals surface area (Å²) >= 11 is 0. The van der Waals surface area contributed by atoms with Crippen molar-refractivity contribution in [2.24, 2.45) is 14.1 Å². The van der Waals surface area contributed by atoms with Crippen LogP contribution in [0.1, 0.15) is 17.9 Å². The summed E-state index contributed by atoms with van der Waals surface area (Å²) in [6.07, 6.45) is 0.942. The summed E-state index contributed by atoms with van der Waals surface area (Å²) in [5, 5.41) is 3.57. The van der Waals surface area contributed by atoms with Crippen LogP contribution >= 0.6 is 0 Å². The summed E-state index contributed by atoms with van der Waals surface area (Å²) in [6, 6.07) is 7.75. The van der Waals surface area contributed by atoms with E-state index in [0.717, 1.165) is 40.7 Å². The highest BCUT2D eigenvalue weighted by atomic mass is 16.3. The van der Waals surface area contributed by atoms with Crippen molar-refractivity contribution in [3.8, 4) is 0 Å². The van der Waals surface area contributed by atoms with Crippen LogP contribution in [0, 0.1) is 6.92 Å². The molecule has 4 rings (SSSR count). The van der Waals surface area contributed by atoms with Gasteiger partial charge in [-0.15, -0.1) is 0 Å². The van der Waals surface area contributed by atoms with Gasteiger partial charge in [-0.25, -0.2) is 9.78 Å². The Morgan fingerprint density at radius 3 is 2.89 bits per heavy atom. The Bertz CT molecular complexity index is 1110. The topological polar surface area (TPSA) is 85.3 Å². The van der Waals surface area contributed by atoms with Crippen molar-refractivity contribution < 1.29 is 4.42 Å². The average molecular weight is 369 g/mol. The van der Waals surface area contributed by atoms with Gasteiger partial charge >= 0.3 is 5.69 Å². The molecule has 0 bridgehead atoms. The molecule has 0 unspecified atom stereocenters. The van der Waals surface area contributed by atoms with Crippen LogP contribution in [-0.2, 0) is 20.6 Å². The van der Waals surface area contributed by atoms with E-state index in [1.807, 2.05) is 19.1 Å². The van der Waals surface area contributed by atoms with Gasteiger partial charge in [0.1, 0.15) is 11.3 Å². The molecule has 0 amide bonds. The van der Waals surface area contributed by atoms with Crippen LogP contribution < -0.4 is 21.5 Å². The quantitative estimate of drug-likeness (QED) is 0.736. The summed E-state index contributed by atoms with van der Waals surface area (Å²) < 4.78 is 8.24. The minimum absolute atomic E-state index is 0.271. The summed E-state index contributed by atoms with van der Waals surface area (Å²) in [7, 11) is 3.19. The number of rotatable bonds is 4. The summed E-state index contributed by atoms with van der Waals surface area (Å²) in [6.45, 7) is 4.08. The van der Waals surface area contributed by atoms with Crippen LogP contribution in [0.15, 0.2) is 38.3 Å². The zero-order valence-corrected chi connectivity index (χ0v) is 15.7. The first-order chi connectivity index (χ1) is 12.9. The highest BCUT2D eigenvalue weighted by Gasteiger charge is 2.25. The number of para-hydroxylation sites is 1. The summed E-state index contributed by atoms with van der Waals surface area (Å²) in [4.78, 5) is 30.7. The number of hydrogen-bond acceptors (Lipinski definition) is 6. The average Bonchev–Trinajstić information content (AvgIpc) is 3.27. The standard InChI is InChI=1S/C19H23N5O3/c1-12-21-18-13(5-4-6-15(18)27-12)10-20-14-7-8-24(11-14)16-9-17(25)23(3)19(26)22(16)2/h4-6,9,14,20H,7-8,10-11H2,1-3H3/t14-/m1/s1. The van der Waals surface area contributed by atoms with Crippen molar-refractivity contribution in [2.45, 2.75) is 25.9 Å². The van der Waals surface area contributed by atoms with Crippen molar-refractivity contribution >= 4 is 16.9 Å². The fourth-order valence-corrected chi connectivity index (χ4v) is 3.67. The zero-order valence-electron chi connectivity index (χ0n) is 15.7. The van der Waals surface area contributed by atoms with E-state index in [1.165, 1.54) is 17.7 Å². The maximum atomic E-state index is 12.2. The monoisotopic (exact) mass is 369 g/mol. The maximum absolute atomic E-state index is 12.2. The van der Waals surface area contributed by atoms with E-state index >= 15 is 0 Å². The number of oxazole rings is 1. The molecule has 8 heteroatoms. The minimum atomic E-state index is -0.304. The molecule has 1 fully saturated rings. The van der Waals surface area contributed by atoms with E-state index in [2.05, 4.69) is 21.3 Å². The van der Waals surface area contributed by atoms with Crippen LogP contribution in [0.4, 0.5) is 5.82 Å². The fraction of sp³-hybridized carbons (Fsp3) is 0.421. The van der Waals surface area contributed by atoms with Gasteiger partial charge in [-0.2, -0.15) is 0 Å². The fourth-order valence-electron chi connectivity index (χ4n) is 3.67. The molecule has 0 aliphatic carbocycles. The number of hydrogen-bond donors (Lipinski definition) is 1. The molecule has 0 spiro atoms. The maximum Gasteiger partial charge on any atom is 0.332 e. The number of fused-ring (bicyclic) bond motifs is 1. The highest BCUT2D eigenvalue weighted by Crippen LogP contribution is 2.21. The lowest BCUT2D eigenvalue weighted by Crippen LogP contribution is -2.40. The van der Waals surface area contributed by atoms with Crippen LogP contribution in [0.5, 0.6) is 0 Å². The Morgan fingerprint density at radius 1 is 1.26 bits per heavy atom. The molecule has 3 aromatic rings. The number of nitrogens with zero attached hydrogens (tertiary/aromatic N) is 4. The largest absolute Gasteiger partial charge is 0.441 e. The van der Waals surface area contributed by atoms with Gasteiger partial charge in [0.05, 0.1) is 0 Å². The van der Waals surface area contributed by atoms with E-state index in [0.29, 0.717) is 18.3 Å². The Morgan fingerprint density at radius 2 is 2.07 bits per heavy atom. The molecule has 1 atom stereocenters. The molecular formula is C19H23N5O3. The smallest absolute Gasteiger partial charge is 0.332 e. The van der Waals surface area contributed by atoms with E-state index in [1.54, 1.807) is 7.05 Å². The Balaban J connectivity index is 1.48. The number of anilines is 1. The van der Waals surface area contributed by atoms with Gasteiger partial charge in [-0.1, -0.05) is 12.1 Å². The molecule has 142 valence electrons. The molecule has 1 aliphatic rings. The highest BCUT2D eigenvalue weighted by molar-refractivity contribution is 5.76. The molecule has 1 aliphatic heterocycles. The minimum Gasteiger partial charge on any atom is -0.441 e. The van der Waals surface area contributed by atoms with Crippen LogP contribution in [0.25, 0.3) is 11.1 Å². The van der Waals surface area contributed by atoms with E-state index in [4.69, 9.17) is 4.42 Å². The van der Waals surface area contributed by atoms with Gasteiger partial charge in [-0.3, -0.25) is 13.9 Å². The normalized spacial score (nSPS) is 17.1. The van der Waals surface area contributed by atoms with Crippen molar-refractivity contribution in [1.82, 2.24) is 19.4 Å². The molecule has 0 radical (unpaired) electrons. The molecular weight excluding hydrogens is 346 g/mol. The van der Waals surface area contributed by atoms with Gasteiger partial charge in [-0.05, 0) is 18.1 Å². The Labute approximate surface area is 156 Å². The third-order valence-electron chi connectivity index (χ3n) is 5.20. The number of aromatic nitrogens is 3. The zero-order chi connectivity index (χ0) is 19.1. The third kappa shape index (κ3) is 3.16. The second-order valence-corrected chi connectivity index (χ2v) is 7.05. The predicted octanol–water partition coefficient (Wildman–Crippen LogP) is 0.902. The van der Waals surface area contributed by atoms with Crippen LogP contribution in [0.3, 0.4) is 0 Å². The third-order valence-corrected chi connectivity index (χ3v) is 5.20. The van der Waals surface area contributed by atoms with Crippen molar-refractivity contribution in [1.29, 1.82) is 0 Å². The Hall–Kier alpha value is -2.87. The van der Waals surface area contributed by atoms with Gasteiger partial charge in [0.25, 0.3) is 5.56 Å². The first-order valence-electron chi connectivity index (χ1n) is 9.04. The molecule has 3 heterocycles. The van der Waals surface area contributed by atoms with Gasteiger partial charge in [0, 0.05) is 52.8 Å². The molecule has 27 heavy (non-hydrogen) atoms. The van der Waals surface area contributed by atoms with Gasteiger partial charge in [0.15, 0.2) is 11.5 Å². The van der Waals surface area contributed by atoms with Crippen molar-refractivity contribution in [2.75, 3.05) is 18.0 Å². The van der Waals surface area contributed by atoms with Gasteiger partial charge < -0.3 is 14.6 Å². The lowest BCUT2D eigenvalue weighted by molar-refractivity contribution is 0.551. The number of aryl methyl sites for hydroxylation is 1. The second kappa shape index (κ2) is 6.70. The number of nitrogens with one attached hydrogen (secondary N) is 1. The Kier molecular flexibility index (Phi) is 4.35. The number of benzene rings is 1. The summed E-state index contributed by atoms with van der Waals surface area (Å²) in [5.41, 5.74) is 2.21.